The van der Waals surface area contributed by atoms with Gasteiger partial charge in [0.1, 0.15) is 0 Å². The van der Waals surface area contributed by atoms with E-state index in [0.717, 1.165) is 43.6 Å². The number of nitriles is 1. The fourth-order valence-electron chi connectivity index (χ4n) is 3.48. The van der Waals surface area contributed by atoms with Gasteiger partial charge in [0.2, 0.25) is 0 Å². The summed E-state index contributed by atoms with van der Waals surface area (Å²) in [5, 5.41) is 9.02. The van der Waals surface area contributed by atoms with Crippen LogP contribution >= 0.6 is 0 Å². The van der Waals surface area contributed by atoms with Crippen LogP contribution in [0.1, 0.15) is 31.2 Å². The molecule has 20 heavy (non-hydrogen) atoms. The molecule has 1 saturated heterocycles. The minimum Gasteiger partial charge on any atom is -0.397 e. The summed E-state index contributed by atoms with van der Waals surface area (Å²) in [6.07, 6.45) is 5.52. The van der Waals surface area contributed by atoms with Crippen LogP contribution in [-0.2, 0) is 0 Å². The van der Waals surface area contributed by atoms with Crippen molar-refractivity contribution in [3.05, 3.63) is 23.8 Å². The minimum atomic E-state index is 0.687. The van der Waals surface area contributed by atoms with Gasteiger partial charge in [0.05, 0.1) is 23.0 Å². The van der Waals surface area contributed by atoms with Gasteiger partial charge in [-0.05, 0) is 31.0 Å². The molecule has 1 aromatic carbocycles. The van der Waals surface area contributed by atoms with Gasteiger partial charge in [0.15, 0.2) is 0 Å². The Hall–Kier alpha value is -1.73. The lowest BCUT2D eigenvalue weighted by atomic mass is 10.1. The Kier molecular flexibility index (Phi) is 3.79. The van der Waals surface area contributed by atoms with Crippen LogP contribution in [-0.4, -0.2) is 37.1 Å². The number of rotatable bonds is 2. The fourth-order valence-corrected chi connectivity index (χ4v) is 3.48. The highest BCUT2D eigenvalue weighted by Crippen LogP contribution is 2.28. The highest BCUT2D eigenvalue weighted by molar-refractivity contribution is 5.69. The Morgan fingerprint density at radius 2 is 1.80 bits per heavy atom. The second kappa shape index (κ2) is 5.72. The molecule has 106 valence electrons. The lowest BCUT2D eigenvalue weighted by Crippen LogP contribution is -2.49. The Morgan fingerprint density at radius 3 is 2.45 bits per heavy atom. The molecule has 0 unspecified atom stereocenters. The number of nitrogens with two attached hydrogens (primary N) is 1. The molecule has 1 aliphatic heterocycles. The molecule has 0 bridgehead atoms. The second-order valence-corrected chi connectivity index (χ2v) is 5.85. The van der Waals surface area contributed by atoms with Gasteiger partial charge in [-0.25, -0.2) is 0 Å². The van der Waals surface area contributed by atoms with Gasteiger partial charge in [0, 0.05) is 32.2 Å². The first-order valence-corrected chi connectivity index (χ1v) is 7.56. The van der Waals surface area contributed by atoms with Gasteiger partial charge in [-0.15, -0.1) is 0 Å². The van der Waals surface area contributed by atoms with E-state index < -0.39 is 0 Å². The normalized spacial score (nSPS) is 21.1. The molecule has 0 amide bonds. The van der Waals surface area contributed by atoms with Crippen molar-refractivity contribution in [3.8, 4) is 6.07 Å². The van der Waals surface area contributed by atoms with Gasteiger partial charge in [-0.3, -0.25) is 4.90 Å². The molecule has 1 heterocycles. The van der Waals surface area contributed by atoms with Crippen LogP contribution in [0.4, 0.5) is 11.4 Å². The van der Waals surface area contributed by atoms with Crippen molar-refractivity contribution in [1.82, 2.24) is 4.90 Å². The third-order valence-corrected chi connectivity index (χ3v) is 4.66. The molecule has 1 aliphatic carbocycles. The van der Waals surface area contributed by atoms with Crippen LogP contribution in [0.2, 0.25) is 0 Å². The molecule has 4 heteroatoms. The Bertz CT molecular complexity index is 506. The van der Waals surface area contributed by atoms with Crippen LogP contribution in [0.15, 0.2) is 18.2 Å². The van der Waals surface area contributed by atoms with Crippen LogP contribution in [0.25, 0.3) is 0 Å². The van der Waals surface area contributed by atoms with E-state index in [1.165, 1.54) is 25.7 Å². The van der Waals surface area contributed by atoms with Crippen molar-refractivity contribution in [2.45, 2.75) is 31.7 Å². The molecular weight excluding hydrogens is 248 g/mol. The minimum absolute atomic E-state index is 0.687. The number of anilines is 2. The molecule has 0 spiro atoms. The molecule has 2 aliphatic rings. The first kappa shape index (κ1) is 13.3. The average Bonchev–Trinajstić information content (AvgIpc) is 3.02. The predicted octanol–water partition coefficient (Wildman–Crippen LogP) is 2.21. The SMILES string of the molecule is N#Cc1ccc(N)c(N2CCN(C3CCCC3)CC2)c1. The standard InChI is InChI=1S/C16H22N4/c17-12-13-5-6-15(18)16(11-13)20-9-7-19(8-10-20)14-3-1-2-4-14/h5-6,11,14H,1-4,7-10,18H2. The molecule has 1 aromatic rings. The summed E-state index contributed by atoms with van der Waals surface area (Å²) < 4.78 is 0. The van der Waals surface area contributed by atoms with E-state index in [1.807, 2.05) is 12.1 Å². The summed E-state index contributed by atoms with van der Waals surface area (Å²) in [6, 6.07) is 8.55. The first-order chi connectivity index (χ1) is 9.78. The maximum Gasteiger partial charge on any atom is 0.0992 e. The second-order valence-electron chi connectivity index (χ2n) is 5.85. The Labute approximate surface area is 120 Å². The van der Waals surface area contributed by atoms with Gasteiger partial charge < -0.3 is 10.6 Å². The van der Waals surface area contributed by atoms with Crippen LogP contribution in [0.3, 0.4) is 0 Å². The summed E-state index contributed by atoms with van der Waals surface area (Å²) in [4.78, 5) is 4.95. The number of hydrogen-bond acceptors (Lipinski definition) is 4. The van der Waals surface area contributed by atoms with Crippen molar-refractivity contribution >= 4 is 11.4 Å². The molecule has 0 aromatic heterocycles. The molecule has 3 rings (SSSR count). The smallest absolute Gasteiger partial charge is 0.0992 e. The molecular formula is C16H22N4. The maximum absolute atomic E-state index is 9.02. The summed E-state index contributed by atoms with van der Waals surface area (Å²) in [5.41, 5.74) is 8.55. The molecule has 0 atom stereocenters. The predicted molar refractivity (Wildman–Crippen MR) is 81.6 cm³/mol. The van der Waals surface area contributed by atoms with Crippen molar-refractivity contribution in [2.24, 2.45) is 0 Å². The maximum atomic E-state index is 9.02. The van der Waals surface area contributed by atoms with E-state index in [1.54, 1.807) is 6.07 Å². The van der Waals surface area contributed by atoms with E-state index in [4.69, 9.17) is 11.0 Å². The number of piperazine rings is 1. The Morgan fingerprint density at radius 1 is 1.10 bits per heavy atom. The lowest BCUT2D eigenvalue weighted by molar-refractivity contribution is 0.187. The van der Waals surface area contributed by atoms with Gasteiger partial charge in [-0.2, -0.15) is 5.26 Å². The van der Waals surface area contributed by atoms with E-state index in [2.05, 4.69) is 15.9 Å². The van der Waals surface area contributed by atoms with E-state index in [0.29, 0.717) is 5.56 Å². The number of nitrogens with zero attached hydrogens (tertiary/aromatic N) is 3. The van der Waals surface area contributed by atoms with Crippen molar-refractivity contribution in [2.75, 3.05) is 36.8 Å². The summed E-state index contributed by atoms with van der Waals surface area (Å²) in [6.45, 7) is 4.24. The third-order valence-electron chi connectivity index (χ3n) is 4.66. The molecule has 2 N–H and O–H groups in total. The Balaban J connectivity index is 1.67. The van der Waals surface area contributed by atoms with Gasteiger partial charge >= 0.3 is 0 Å². The third kappa shape index (κ3) is 2.59. The van der Waals surface area contributed by atoms with Gasteiger partial charge in [-0.1, -0.05) is 12.8 Å². The van der Waals surface area contributed by atoms with Crippen molar-refractivity contribution in [1.29, 1.82) is 5.26 Å². The van der Waals surface area contributed by atoms with Gasteiger partial charge in [0.25, 0.3) is 0 Å². The zero-order valence-electron chi connectivity index (χ0n) is 11.9. The molecule has 4 nitrogen and oxygen atoms in total. The molecule has 1 saturated carbocycles. The summed E-state index contributed by atoms with van der Waals surface area (Å²) in [7, 11) is 0. The summed E-state index contributed by atoms with van der Waals surface area (Å²) in [5.74, 6) is 0. The monoisotopic (exact) mass is 270 g/mol. The van der Waals surface area contributed by atoms with E-state index in [9.17, 15) is 0 Å². The zero-order valence-corrected chi connectivity index (χ0v) is 11.9. The van der Waals surface area contributed by atoms with E-state index >= 15 is 0 Å². The number of nitrogen functional groups attached to an aromatic ring is 1. The zero-order chi connectivity index (χ0) is 13.9. The number of benzene rings is 1. The number of hydrogen-bond donors (Lipinski definition) is 1. The molecule has 0 radical (unpaired) electrons. The highest BCUT2D eigenvalue weighted by Gasteiger charge is 2.26. The largest absolute Gasteiger partial charge is 0.397 e. The fraction of sp³-hybridized carbons (Fsp3) is 0.562. The van der Waals surface area contributed by atoms with Crippen LogP contribution in [0, 0.1) is 11.3 Å². The van der Waals surface area contributed by atoms with Crippen LogP contribution < -0.4 is 10.6 Å². The average molecular weight is 270 g/mol. The van der Waals surface area contributed by atoms with Crippen molar-refractivity contribution in [3.63, 3.8) is 0 Å². The first-order valence-electron chi connectivity index (χ1n) is 7.56. The topological polar surface area (TPSA) is 56.3 Å². The van der Waals surface area contributed by atoms with Crippen LogP contribution in [0.5, 0.6) is 0 Å². The van der Waals surface area contributed by atoms with Crippen molar-refractivity contribution < 1.29 is 0 Å². The molecule has 2 fully saturated rings. The lowest BCUT2D eigenvalue weighted by Gasteiger charge is -2.39. The quantitative estimate of drug-likeness (QED) is 0.837. The van der Waals surface area contributed by atoms with E-state index in [-0.39, 0.29) is 0 Å². The summed E-state index contributed by atoms with van der Waals surface area (Å²) >= 11 is 0. The highest BCUT2D eigenvalue weighted by atomic mass is 15.3.